The SMILES string of the molecule is CC1c2ccccc2CCC1Nc1ccc(OCc2ccccc2)cc1. The van der Waals surface area contributed by atoms with Gasteiger partial charge in [0.1, 0.15) is 12.4 Å². The van der Waals surface area contributed by atoms with Crippen LogP contribution in [0.4, 0.5) is 5.69 Å². The molecule has 0 aliphatic heterocycles. The fourth-order valence-electron chi connectivity index (χ4n) is 3.78. The molecule has 2 nitrogen and oxygen atoms in total. The van der Waals surface area contributed by atoms with Gasteiger partial charge < -0.3 is 10.1 Å². The highest BCUT2D eigenvalue weighted by Crippen LogP contribution is 2.33. The molecule has 0 aromatic heterocycles. The zero-order valence-corrected chi connectivity index (χ0v) is 15.2. The van der Waals surface area contributed by atoms with E-state index in [0.717, 1.165) is 17.9 Å². The highest BCUT2D eigenvalue weighted by Gasteiger charge is 2.25. The molecule has 26 heavy (non-hydrogen) atoms. The summed E-state index contributed by atoms with van der Waals surface area (Å²) in [5.74, 6) is 1.43. The van der Waals surface area contributed by atoms with Gasteiger partial charge >= 0.3 is 0 Å². The van der Waals surface area contributed by atoms with Gasteiger partial charge in [-0.2, -0.15) is 0 Å². The lowest BCUT2D eigenvalue weighted by atomic mass is 9.80. The second-order valence-electron chi connectivity index (χ2n) is 7.08. The summed E-state index contributed by atoms with van der Waals surface area (Å²) in [5.41, 5.74) is 5.33. The topological polar surface area (TPSA) is 21.3 Å². The van der Waals surface area contributed by atoms with Crippen LogP contribution in [0.1, 0.15) is 36.0 Å². The summed E-state index contributed by atoms with van der Waals surface area (Å²) < 4.78 is 5.88. The Kier molecular flexibility index (Phi) is 4.92. The molecule has 3 aromatic carbocycles. The Morgan fingerprint density at radius 2 is 1.62 bits per heavy atom. The molecule has 1 aliphatic carbocycles. The largest absolute Gasteiger partial charge is 0.489 e. The molecule has 2 unspecified atom stereocenters. The van der Waals surface area contributed by atoms with Gasteiger partial charge in [-0.05, 0) is 53.8 Å². The van der Waals surface area contributed by atoms with E-state index in [1.54, 1.807) is 0 Å². The normalized spacial score (nSPS) is 18.8. The molecule has 3 aromatic rings. The molecule has 0 radical (unpaired) electrons. The number of benzene rings is 3. The maximum Gasteiger partial charge on any atom is 0.119 e. The molecular formula is C24H25NO. The van der Waals surface area contributed by atoms with Crippen LogP contribution < -0.4 is 10.1 Å². The van der Waals surface area contributed by atoms with E-state index in [1.807, 2.05) is 30.3 Å². The van der Waals surface area contributed by atoms with Crippen molar-refractivity contribution in [2.24, 2.45) is 0 Å². The maximum atomic E-state index is 5.88. The van der Waals surface area contributed by atoms with E-state index in [9.17, 15) is 0 Å². The van der Waals surface area contributed by atoms with Crippen molar-refractivity contribution in [3.8, 4) is 5.75 Å². The van der Waals surface area contributed by atoms with Gasteiger partial charge in [-0.1, -0.05) is 61.5 Å². The zero-order chi connectivity index (χ0) is 17.8. The van der Waals surface area contributed by atoms with Gasteiger partial charge in [-0.3, -0.25) is 0 Å². The van der Waals surface area contributed by atoms with Crippen LogP contribution in [0, 0.1) is 0 Å². The van der Waals surface area contributed by atoms with Crippen molar-refractivity contribution in [3.05, 3.63) is 95.6 Å². The lowest BCUT2D eigenvalue weighted by Crippen LogP contribution is -2.30. The Balaban J connectivity index is 1.37. The maximum absolute atomic E-state index is 5.88. The molecule has 0 bridgehead atoms. The van der Waals surface area contributed by atoms with E-state index in [-0.39, 0.29) is 0 Å². The lowest BCUT2D eigenvalue weighted by molar-refractivity contribution is 0.306. The summed E-state index contributed by atoms with van der Waals surface area (Å²) in [6.45, 7) is 2.93. The smallest absolute Gasteiger partial charge is 0.119 e. The average molecular weight is 343 g/mol. The second kappa shape index (κ2) is 7.65. The molecule has 0 amide bonds. The van der Waals surface area contributed by atoms with E-state index in [0.29, 0.717) is 18.6 Å². The summed E-state index contributed by atoms with van der Waals surface area (Å²) in [5, 5.41) is 3.72. The summed E-state index contributed by atoms with van der Waals surface area (Å²) in [4.78, 5) is 0. The number of fused-ring (bicyclic) bond motifs is 1. The molecule has 1 N–H and O–H groups in total. The van der Waals surface area contributed by atoms with Gasteiger partial charge in [0.2, 0.25) is 0 Å². The van der Waals surface area contributed by atoms with Crippen LogP contribution in [0.3, 0.4) is 0 Å². The first kappa shape index (κ1) is 16.7. The van der Waals surface area contributed by atoms with Crippen LogP contribution in [-0.2, 0) is 13.0 Å². The quantitative estimate of drug-likeness (QED) is 0.632. The number of ether oxygens (including phenoxy) is 1. The van der Waals surface area contributed by atoms with Crippen molar-refractivity contribution < 1.29 is 4.74 Å². The van der Waals surface area contributed by atoms with Crippen LogP contribution in [0.25, 0.3) is 0 Å². The van der Waals surface area contributed by atoms with Gasteiger partial charge in [-0.25, -0.2) is 0 Å². The van der Waals surface area contributed by atoms with Gasteiger partial charge in [0.15, 0.2) is 0 Å². The van der Waals surface area contributed by atoms with Crippen LogP contribution in [0.2, 0.25) is 0 Å². The van der Waals surface area contributed by atoms with Crippen molar-refractivity contribution >= 4 is 5.69 Å². The molecule has 0 saturated heterocycles. The van der Waals surface area contributed by atoms with Crippen LogP contribution in [-0.4, -0.2) is 6.04 Å². The molecule has 0 heterocycles. The molecule has 4 rings (SSSR count). The first-order valence-electron chi connectivity index (χ1n) is 9.41. The number of nitrogens with one attached hydrogen (secondary N) is 1. The van der Waals surface area contributed by atoms with E-state index >= 15 is 0 Å². The monoisotopic (exact) mass is 343 g/mol. The summed E-state index contributed by atoms with van der Waals surface area (Å²) >= 11 is 0. The highest BCUT2D eigenvalue weighted by atomic mass is 16.5. The molecule has 2 atom stereocenters. The van der Waals surface area contributed by atoms with Crippen molar-refractivity contribution in [1.29, 1.82) is 0 Å². The van der Waals surface area contributed by atoms with Gasteiger partial charge in [0.25, 0.3) is 0 Å². The Bertz CT molecular complexity index is 842. The Morgan fingerprint density at radius 3 is 2.42 bits per heavy atom. The molecule has 0 spiro atoms. The van der Waals surface area contributed by atoms with Crippen LogP contribution in [0.5, 0.6) is 5.75 Å². The van der Waals surface area contributed by atoms with E-state index in [1.165, 1.54) is 23.1 Å². The standard InChI is InChI=1S/C24H25NO/c1-18-23-10-6-5-9-20(23)11-16-24(18)25-21-12-14-22(15-13-21)26-17-19-7-3-2-4-8-19/h2-10,12-15,18,24-25H,11,16-17H2,1H3. The van der Waals surface area contributed by atoms with Crippen LogP contribution in [0.15, 0.2) is 78.9 Å². The molecule has 132 valence electrons. The zero-order valence-electron chi connectivity index (χ0n) is 15.2. The molecule has 2 heteroatoms. The first-order valence-corrected chi connectivity index (χ1v) is 9.41. The first-order chi connectivity index (χ1) is 12.8. The number of aryl methyl sites for hydroxylation is 1. The minimum Gasteiger partial charge on any atom is -0.489 e. The Morgan fingerprint density at radius 1 is 0.885 bits per heavy atom. The van der Waals surface area contributed by atoms with E-state index in [4.69, 9.17) is 4.74 Å². The Hall–Kier alpha value is -2.74. The molecule has 0 fully saturated rings. The lowest BCUT2D eigenvalue weighted by Gasteiger charge is -2.32. The number of hydrogen-bond acceptors (Lipinski definition) is 2. The third-order valence-electron chi connectivity index (χ3n) is 5.33. The van der Waals surface area contributed by atoms with Crippen molar-refractivity contribution in [2.75, 3.05) is 5.32 Å². The fraction of sp³-hybridized carbons (Fsp3) is 0.250. The van der Waals surface area contributed by atoms with Crippen molar-refractivity contribution in [2.45, 2.75) is 38.3 Å². The van der Waals surface area contributed by atoms with E-state index < -0.39 is 0 Å². The third kappa shape index (κ3) is 3.75. The Labute approximate surface area is 155 Å². The summed E-state index contributed by atoms with van der Waals surface area (Å²) in [6.07, 6.45) is 2.32. The minimum absolute atomic E-state index is 0.473. The second-order valence-corrected chi connectivity index (χ2v) is 7.08. The fourth-order valence-corrected chi connectivity index (χ4v) is 3.78. The average Bonchev–Trinajstić information content (AvgIpc) is 2.70. The predicted octanol–water partition coefficient (Wildman–Crippen LogP) is 5.80. The summed E-state index contributed by atoms with van der Waals surface area (Å²) in [6, 6.07) is 27.9. The third-order valence-corrected chi connectivity index (χ3v) is 5.33. The highest BCUT2D eigenvalue weighted by molar-refractivity contribution is 5.49. The van der Waals surface area contributed by atoms with Gasteiger partial charge in [0, 0.05) is 17.6 Å². The van der Waals surface area contributed by atoms with Crippen LogP contribution >= 0.6 is 0 Å². The number of anilines is 1. The minimum atomic E-state index is 0.473. The molecule has 1 aliphatic rings. The van der Waals surface area contributed by atoms with Crippen molar-refractivity contribution in [1.82, 2.24) is 0 Å². The van der Waals surface area contributed by atoms with Gasteiger partial charge in [0.05, 0.1) is 0 Å². The predicted molar refractivity (Wildman–Crippen MR) is 108 cm³/mol. The van der Waals surface area contributed by atoms with Crippen molar-refractivity contribution in [3.63, 3.8) is 0 Å². The van der Waals surface area contributed by atoms with E-state index in [2.05, 4.69) is 60.8 Å². The molecule has 0 saturated carbocycles. The summed E-state index contributed by atoms with van der Waals surface area (Å²) in [7, 11) is 0. The number of rotatable bonds is 5. The molecular weight excluding hydrogens is 318 g/mol. The number of hydrogen-bond donors (Lipinski definition) is 1. The van der Waals surface area contributed by atoms with Gasteiger partial charge in [-0.15, -0.1) is 0 Å².